The number of hydrogen-bond donors (Lipinski definition) is 0. The molecule has 112 valence electrons. The number of hydrogen-bond acceptors (Lipinski definition) is 4. The molecule has 0 aromatic carbocycles. The first-order valence-electron chi connectivity index (χ1n) is 6.87. The van der Waals surface area contributed by atoms with Crippen molar-refractivity contribution in [3.8, 4) is 0 Å². The van der Waals surface area contributed by atoms with Gasteiger partial charge in [0.05, 0.1) is 0 Å². The number of rotatable bonds is 7. The molecule has 0 spiro atoms. The summed E-state index contributed by atoms with van der Waals surface area (Å²) in [4.78, 5) is 26.4. The number of amides is 2. The molecule has 0 aliphatic carbocycles. The second kappa shape index (κ2) is 9.47. The highest BCUT2D eigenvalue weighted by Crippen LogP contribution is 2.01. The van der Waals surface area contributed by atoms with E-state index in [0.29, 0.717) is 26.2 Å². The topological polar surface area (TPSA) is 59.1 Å². The van der Waals surface area contributed by atoms with E-state index >= 15 is 0 Å². The van der Waals surface area contributed by atoms with Gasteiger partial charge in [0, 0.05) is 26.2 Å². The number of carbonyl (C=O) groups is 2. The Morgan fingerprint density at radius 3 is 1.74 bits per heavy atom. The van der Waals surface area contributed by atoms with E-state index < -0.39 is 6.10 Å². The van der Waals surface area contributed by atoms with Crippen LogP contribution in [0.2, 0.25) is 0 Å². The van der Waals surface area contributed by atoms with Crippen LogP contribution in [-0.2, 0) is 9.47 Å². The molecule has 6 heteroatoms. The molecule has 0 aromatic heterocycles. The second-order valence-electron chi connectivity index (χ2n) is 4.12. The Labute approximate surface area is 115 Å². The Kier molecular flexibility index (Phi) is 8.74. The molecule has 0 bridgehead atoms. The van der Waals surface area contributed by atoms with Crippen molar-refractivity contribution in [2.24, 2.45) is 0 Å². The highest BCUT2D eigenvalue weighted by molar-refractivity contribution is 5.68. The Morgan fingerprint density at radius 1 is 0.895 bits per heavy atom. The summed E-state index contributed by atoms with van der Waals surface area (Å²) in [7, 11) is 0. The van der Waals surface area contributed by atoms with Gasteiger partial charge in [-0.15, -0.1) is 0 Å². The molecule has 0 saturated carbocycles. The molecule has 19 heavy (non-hydrogen) atoms. The fraction of sp³-hybridized carbons (Fsp3) is 0.846. The molecule has 0 heterocycles. The summed E-state index contributed by atoms with van der Waals surface area (Å²) in [5.41, 5.74) is 0. The fourth-order valence-corrected chi connectivity index (χ4v) is 1.52. The van der Waals surface area contributed by atoms with Gasteiger partial charge in [-0.05, 0) is 34.6 Å². The van der Waals surface area contributed by atoms with Gasteiger partial charge in [-0.2, -0.15) is 0 Å². The van der Waals surface area contributed by atoms with Gasteiger partial charge in [0.25, 0.3) is 0 Å². The maximum atomic E-state index is 11.7. The maximum Gasteiger partial charge on any atom is 0.410 e. The van der Waals surface area contributed by atoms with Crippen molar-refractivity contribution in [3.05, 3.63) is 0 Å². The van der Waals surface area contributed by atoms with Crippen molar-refractivity contribution < 1.29 is 19.1 Å². The molecule has 0 N–H and O–H groups in total. The van der Waals surface area contributed by atoms with Gasteiger partial charge >= 0.3 is 12.2 Å². The molecule has 0 saturated heterocycles. The molecule has 0 aromatic rings. The normalized spacial score (nSPS) is 11.6. The van der Waals surface area contributed by atoms with Gasteiger partial charge in [-0.1, -0.05) is 0 Å². The quantitative estimate of drug-likeness (QED) is 0.715. The lowest BCUT2D eigenvalue weighted by atomic mass is 10.4. The van der Waals surface area contributed by atoms with Gasteiger partial charge in [-0.25, -0.2) is 9.59 Å². The van der Waals surface area contributed by atoms with E-state index in [9.17, 15) is 9.59 Å². The highest BCUT2D eigenvalue weighted by Gasteiger charge is 2.17. The van der Waals surface area contributed by atoms with Crippen molar-refractivity contribution in [1.29, 1.82) is 0 Å². The summed E-state index contributed by atoms with van der Waals surface area (Å²) >= 11 is 0. The molecule has 1 atom stereocenters. The maximum absolute atomic E-state index is 11.7. The van der Waals surface area contributed by atoms with Crippen LogP contribution in [0.1, 0.15) is 34.6 Å². The summed E-state index contributed by atoms with van der Waals surface area (Å²) in [6, 6.07) is 0. The molecule has 0 rings (SSSR count). The zero-order valence-electron chi connectivity index (χ0n) is 12.6. The monoisotopic (exact) mass is 274 g/mol. The van der Waals surface area contributed by atoms with Gasteiger partial charge in [0.15, 0.2) is 0 Å². The second-order valence-corrected chi connectivity index (χ2v) is 4.12. The number of ether oxygens (including phenoxy) is 2. The van der Waals surface area contributed by atoms with Crippen molar-refractivity contribution in [3.63, 3.8) is 0 Å². The lowest BCUT2D eigenvalue weighted by Crippen LogP contribution is -2.36. The molecule has 0 aliphatic heterocycles. The molecule has 0 aliphatic rings. The van der Waals surface area contributed by atoms with E-state index in [4.69, 9.17) is 9.47 Å². The van der Waals surface area contributed by atoms with Gasteiger partial charge in [0.2, 0.25) is 0 Å². The molecule has 2 amide bonds. The van der Waals surface area contributed by atoms with Gasteiger partial charge in [-0.3, -0.25) is 0 Å². The molecule has 1 unspecified atom stereocenters. The Bertz CT molecular complexity index is 276. The van der Waals surface area contributed by atoms with Gasteiger partial charge < -0.3 is 19.3 Å². The summed E-state index contributed by atoms with van der Waals surface area (Å²) in [5.74, 6) is 0. The van der Waals surface area contributed by atoms with Crippen molar-refractivity contribution in [1.82, 2.24) is 9.80 Å². The average molecular weight is 274 g/mol. The summed E-state index contributed by atoms with van der Waals surface area (Å²) in [5, 5.41) is 0. The van der Waals surface area contributed by atoms with Crippen molar-refractivity contribution >= 4 is 12.2 Å². The van der Waals surface area contributed by atoms with Crippen LogP contribution in [0.5, 0.6) is 0 Å². The molecule has 6 nitrogen and oxygen atoms in total. The minimum Gasteiger partial charge on any atom is -0.445 e. The first-order valence-corrected chi connectivity index (χ1v) is 6.87. The third-order valence-corrected chi connectivity index (χ3v) is 2.79. The van der Waals surface area contributed by atoms with Crippen LogP contribution in [0.4, 0.5) is 9.59 Å². The predicted molar refractivity (Wildman–Crippen MR) is 73.1 cm³/mol. The SMILES string of the molecule is CCN(CC)C(=O)OCC(C)OC(=O)N(CC)CC. The van der Waals surface area contributed by atoms with Crippen LogP contribution in [0.15, 0.2) is 0 Å². The van der Waals surface area contributed by atoms with Crippen LogP contribution in [0, 0.1) is 0 Å². The van der Waals surface area contributed by atoms with E-state index in [2.05, 4.69) is 0 Å². The minimum absolute atomic E-state index is 0.0718. The van der Waals surface area contributed by atoms with Gasteiger partial charge in [0.1, 0.15) is 12.7 Å². The van der Waals surface area contributed by atoms with E-state index in [1.165, 1.54) is 0 Å². The molecular formula is C13H26N2O4. The van der Waals surface area contributed by atoms with E-state index in [-0.39, 0.29) is 18.8 Å². The van der Waals surface area contributed by atoms with Crippen LogP contribution in [0.25, 0.3) is 0 Å². The smallest absolute Gasteiger partial charge is 0.410 e. The molecular weight excluding hydrogens is 248 g/mol. The summed E-state index contributed by atoms with van der Waals surface area (Å²) in [6.07, 6.45) is -1.21. The number of carbonyl (C=O) groups excluding carboxylic acids is 2. The lowest BCUT2D eigenvalue weighted by Gasteiger charge is -2.23. The minimum atomic E-state index is -0.451. The average Bonchev–Trinajstić information content (AvgIpc) is 2.39. The highest BCUT2D eigenvalue weighted by atomic mass is 16.6. The molecule has 0 fully saturated rings. The predicted octanol–water partition coefficient (Wildman–Crippen LogP) is 2.33. The first-order chi connectivity index (χ1) is 8.99. The molecule has 0 radical (unpaired) electrons. The summed E-state index contributed by atoms with van der Waals surface area (Å²) < 4.78 is 10.3. The van der Waals surface area contributed by atoms with Crippen LogP contribution in [-0.4, -0.2) is 60.9 Å². The lowest BCUT2D eigenvalue weighted by molar-refractivity contribution is 0.0255. The summed E-state index contributed by atoms with van der Waals surface area (Å²) in [6.45, 7) is 11.7. The van der Waals surface area contributed by atoms with E-state index in [0.717, 1.165) is 0 Å². The zero-order chi connectivity index (χ0) is 14.8. The van der Waals surface area contributed by atoms with E-state index in [1.54, 1.807) is 16.7 Å². The van der Waals surface area contributed by atoms with Crippen LogP contribution < -0.4 is 0 Å². The largest absolute Gasteiger partial charge is 0.445 e. The third kappa shape index (κ3) is 6.31. The Hall–Kier alpha value is -1.46. The van der Waals surface area contributed by atoms with E-state index in [1.807, 2.05) is 27.7 Å². The Morgan fingerprint density at radius 2 is 1.32 bits per heavy atom. The zero-order valence-corrected chi connectivity index (χ0v) is 12.6. The number of nitrogens with zero attached hydrogens (tertiary/aromatic N) is 2. The standard InChI is InChI=1S/C13H26N2O4/c1-6-14(7-2)12(16)18-10-11(5)19-13(17)15(8-3)9-4/h11H,6-10H2,1-5H3. The third-order valence-electron chi connectivity index (χ3n) is 2.79. The van der Waals surface area contributed by atoms with Crippen LogP contribution in [0.3, 0.4) is 0 Å². The fourth-order valence-electron chi connectivity index (χ4n) is 1.52. The van der Waals surface area contributed by atoms with Crippen molar-refractivity contribution in [2.45, 2.75) is 40.7 Å². The van der Waals surface area contributed by atoms with Crippen LogP contribution >= 0.6 is 0 Å². The van der Waals surface area contributed by atoms with Crippen molar-refractivity contribution in [2.75, 3.05) is 32.8 Å². The Balaban J connectivity index is 4.08. The first kappa shape index (κ1) is 17.5.